The van der Waals surface area contributed by atoms with Crippen molar-refractivity contribution in [3.63, 3.8) is 0 Å². The Kier molecular flexibility index (Phi) is 7.97. The van der Waals surface area contributed by atoms with Crippen molar-refractivity contribution in [3.05, 3.63) is 0 Å². The lowest BCUT2D eigenvalue weighted by molar-refractivity contribution is -0.382. The highest BCUT2D eigenvalue weighted by Crippen LogP contribution is 2.56. The van der Waals surface area contributed by atoms with Crippen LogP contribution in [0.25, 0.3) is 0 Å². The molecule has 0 aromatic carbocycles. The van der Waals surface area contributed by atoms with Crippen LogP contribution in [-0.2, 0) is 19.9 Å². The first-order valence-electron chi connectivity index (χ1n) is 7.28. The van der Waals surface area contributed by atoms with E-state index in [2.05, 4.69) is 0 Å². The van der Waals surface area contributed by atoms with Gasteiger partial charge in [0.1, 0.15) is 5.37 Å². The molecule has 212 valence electrons. The Morgan fingerprint density at radius 1 is 0.486 bits per heavy atom. The summed E-state index contributed by atoms with van der Waals surface area (Å²) < 4.78 is 274. The molecule has 0 fully saturated rings. The predicted molar refractivity (Wildman–Crippen MR) is 72.2 cm³/mol. The van der Waals surface area contributed by atoms with Gasteiger partial charge in [-0.3, -0.25) is 0 Å². The lowest BCUT2D eigenvalue weighted by Crippen LogP contribution is -2.67. The number of nitrogens with one attached hydrogen (secondary N) is 1. The second kappa shape index (κ2) is 8.31. The van der Waals surface area contributed by atoms with Crippen molar-refractivity contribution in [1.82, 2.24) is 4.72 Å². The van der Waals surface area contributed by atoms with Crippen molar-refractivity contribution in [3.8, 4) is 0 Å². The standard InChI is InChI=1S/C10H5F18NO4S2/c1-2(34(30,31)9(25,26)5(15,16)3(11,12)7(19,20)21)29-35(32,33)10(27,28)6(17,18)4(13,14)8(22,23)24/h2,29H,1H3. The average Bonchev–Trinajstić information content (AvgIpc) is 2.58. The minimum Gasteiger partial charge on any atom is -0.221 e. The van der Waals surface area contributed by atoms with Gasteiger partial charge in [0.15, 0.2) is 0 Å². The molecule has 0 aliphatic rings. The quantitative estimate of drug-likeness (QED) is 0.391. The van der Waals surface area contributed by atoms with Crippen LogP contribution in [0.1, 0.15) is 6.92 Å². The minimum atomic E-state index is -8.09. The highest BCUT2D eigenvalue weighted by Gasteiger charge is 2.87. The van der Waals surface area contributed by atoms with Crippen molar-refractivity contribution < 1.29 is 95.9 Å². The lowest BCUT2D eigenvalue weighted by atomic mass is 10.1. The Hall–Kier alpha value is -1.40. The fourth-order valence-electron chi connectivity index (χ4n) is 1.65. The summed E-state index contributed by atoms with van der Waals surface area (Å²) >= 11 is 0. The van der Waals surface area contributed by atoms with Gasteiger partial charge in [-0.2, -0.15) is 83.7 Å². The van der Waals surface area contributed by atoms with Crippen molar-refractivity contribution in [2.75, 3.05) is 0 Å². The molecule has 1 atom stereocenters. The maximum absolute atomic E-state index is 13.5. The highest BCUT2D eigenvalue weighted by atomic mass is 32.2. The van der Waals surface area contributed by atoms with Crippen LogP contribution in [0, 0.1) is 0 Å². The molecule has 0 spiro atoms. The molecule has 0 aromatic heterocycles. The molecular formula is C10H5F18NO4S2. The molecule has 0 aromatic rings. The van der Waals surface area contributed by atoms with Crippen molar-refractivity contribution in [2.45, 2.75) is 58.8 Å². The molecule has 5 nitrogen and oxygen atoms in total. The third-order valence-corrected chi connectivity index (χ3v) is 7.48. The Labute approximate surface area is 180 Å². The monoisotopic (exact) mass is 609 g/mol. The van der Waals surface area contributed by atoms with Gasteiger partial charge in [0, 0.05) is 0 Å². The third kappa shape index (κ3) is 4.58. The van der Waals surface area contributed by atoms with E-state index in [0.29, 0.717) is 0 Å². The molecular weight excluding hydrogens is 604 g/mol. The van der Waals surface area contributed by atoms with E-state index in [-0.39, 0.29) is 0 Å². The van der Waals surface area contributed by atoms with Gasteiger partial charge in [-0.1, -0.05) is 0 Å². The van der Waals surface area contributed by atoms with E-state index in [1.54, 1.807) is 0 Å². The molecule has 0 heterocycles. The number of alkyl halides is 18. The fourth-order valence-corrected chi connectivity index (χ4v) is 4.51. The van der Waals surface area contributed by atoms with E-state index in [0.717, 1.165) is 0 Å². The molecule has 0 amide bonds. The number of hydrogen-bond acceptors (Lipinski definition) is 4. The van der Waals surface area contributed by atoms with E-state index >= 15 is 0 Å². The fraction of sp³-hybridized carbons (Fsp3) is 1.00. The zero-order valence-electron chi connectivity index (χ0n) is 15.3. The summed E-state index contributed by atoms with van der Waals surface area (Å²) in [5.74, 6) is -32.0. The Morgan fingerprint density at radius 2 is 0.743 bits per heavy atom. The van der Waals surface area contributed by atoms with Gasteiger partial charge >= 0.3 is 46.6 Å². The average molecular weight is 609 g/mol. The number of halogens is 18. The zero-order valence-corrected chi connectivity index (χ0v) is 17.0. The molecule has 1 N–H and O–H groups in total. The van der Waals surface area contributed by atoms with Crippen LogP contribution in [0.4, 0.5) is 79.0 Å². The van der Waals surface area contributed by atoms with E-state index in [4.69, 9.17) is 0 Å². The summed E-state index contributed by atoms with van der Waals surface area (Å²) in [5, 5.41) is -20.1. The van der Waals surface area contributed by atoms with Gasteiger partial charge in [0.2, 0.25) is 9.84 Å². The maximum atomic E-state index is 13.5. The van der Waals surface area contributed by atoms with Crippen LogP contribution >= 0.6 is 0 Å². The highest BCUT2D eigenvalue weighted by molar-refractivity contribution is 7.95. The van der Waals surface area contributed by atoms with E-state index in [9.17, 15) is 95.9 Å². The largest absolute Gasteiger partial charge is 0.460 e. The van der Waals surface area contributed by atoms with Crippen LogP contribution in [0.3, 0.4) is 0 Å². The van der Waals surface area contributed by atoms with E-state index < -0.39 is 83.4 Å². The number of sulfone groups is 1. The molecule has 0 bridgehead atoms. The van der Waals surface area contributed by atoms with E-state index in [1.807, 2.05) is 0 Å². The van der Waals surface area contributed by atoms with Gasteiger partial charge in [0.05, 0.1) is 0 Å². The van der Waals surface area contributed by atoms with Gasteiger partial charge < -0.3 is 0 Å². The molecule has 0 aliphatic heterocycles. The van der Waals surface area contributed by atoms with Gasteiger partial charge in [-0.25, -0.2) is 16.8 Å². The second-order valence-electron chi connectivity index (χ2n) is 6.14. The SMILES string of the molecule is CC(NS(=O)(=O)C(F)(F)C(F)(F)C(F)(F)C(F)(F)F)S(=O)(=O)C(F)(F)C(F)(F)C(F)(F)C(F)(F)F. The van der Waals surface area contributed by atoms with Crippen molar-refractivity contribution in [2.24, 2.45) is 0 Å². The molecule has 0 aliphatic carbocycles. The summed E-state index contributed by atoms with van der Waals surface area (Å²) in [6.45, 7) is -0.862. The summed E-state index contributed by atoms with van der Waals surface area (Å²) in [6, 6.07) is 0. The van der Waals surface area contributed by atoms with Crippen molar-refractivity contribution >= 4 is 19.9 Å². The molecule has 0 radical (unpaired) electrons. The molecule has 0 rings (SSSR count). The Morgan fingerprint density at radius 3 is 1.00 bits per heavy atom. The lowest BCUT2D eigenvalue weighted by Gasteiger charge is -2.35. The predicted octanol–water partition coefficient (Wildman–Crippen LogP) is 4.52. The first kappa shape index (κ1) is 33.6. The number of rotatable bonds is 9. The van der Waals surface area contributed by atoms with Gasteiger partial charge in [-0.05, 0) is 6.92 Å². The minimum absolute atomic E-state index is 0.651. The number of hydrogen-bond donors (Lipinski definition) is 1. The first-order chi connectivity index (χ1) is 14.6. The van der Waals surface area contributed by atoms with E-state index in [1.165, 1.54) is 0 Å². The Balaban J connectivity index is 6.62. The molecule has 35 heavy (non-hydrogen) atoms. The normalized spacial score (nSPS) is 17.5. The molecule has 1 unspecified atom stereocenters. The Bertz CT molecular complexity index is 1010. The van der Waals surface area contributed by atoms with Crippen LogP contribution < -0.4 is 4.72 Å². The molecule has 25 heteroatoms. The van der Waals surface area contributed by atoms with Crippen LogP contribution in [-0.4, -0.2) is 68.8 Å². The van der Waals surface area contributed by atoms with Crippen LogP contribution in [0.15, 0.2) is 0 Å². The molecule has 0 saturated carbocycles. The number of sulfonamides is 1. The molecule has 0 saturated heterocycles. The zero-order chi connectivity index (χ0) is 29.3. The second-order valence-corrected chi connectivity index (χ2v) is 10.2. The third-order valence-electron chi connectivity index (χ3n) is 3.71. The van der Waals surface area contributed by atoms with Crippen LogP contribution in [0.2, 0.25) is 0 Å². The maximum Gasteiger partial charge on any atom is 0.460 e. The smallest absolute Gasteiger partial charge is 0.221 e. The summed E-state index contributed by atoms with van der Waals surface area (Å²) in [4.78, 5) is 0. The topological polar surface area (TPSA) is 80.3 Å². The van der Waals surface area contributed by atoms with Crippen molar-refractivity contribution in [1.29, 1.82) is 0 Å². The van der Waals surface area contributed by atoms with Gasteiger partial charge in [0.25, 0.3) is 10.0 Å². The summed E-state index contributed by atoms with van der Waals surface area (Å²) in [7, 11) is -16.1. The first-order valence-corrected chi connectivity index (χ1v) is 10.3. The summed E-state index contributed by atoms with van der Waals surface area (Å²) in [6.07, 6.45) is -15.3. The van der Waals surface area contributed by atoms with Crippen LogP contribution in [0.5, 0.6) is 0 Å². The summed E-state index contributed by atoms with van der Waals surface area (Å²) in [5.41, 5.74) is 0. The van der Waals surface area contributed by atoms with Gasteiger partial charge in [-0.15, -0.1) is 0 Å².